The van der Waals surface area contributed by atoms with Crippen LogP contribution in [0.3, 0.4) is 0 Å². The van der Waals surface area contributed by atoms with Crippen molar-refractivity contribution < 1.29 is 0 Å². The second-order valence-corrected chi connectivity index (χ2v) is 6.05. The van der Waals surface area contributed by atoms with Crippen molar-refractivity contribution in [3.63, 3.8) is 0 Å². The van der Waals surface area contributed by atoms with Crippen LogP contribution in [-0.2, 0) is 0 Å². The van der Waals surface area contributed by atoms with Crippen LogP contribution in [0.5, 0.6) is 0 Å². The van der Waals surface area contributed by atoms with Gasteiger partial charge in [0, 0.05) is 11.4 Å². The molecule has 0 aliphatic rings. The zero-order chi connectivity index (χ0) is 17.1. The third-order valence-electron chi connectivity index (χ3n) is 3.80. The number of nitrogens with one attached hydrogen (secondary N) is 2. The molecule has 0 bridgehead atoms. The average Bonchev–Trinajstić information content (AvgIpc) is 2.53. The first-order valence-corrected chi connectivity index (χ1v) is 7.89. The van der Waals surface area contributed by atoms with Crippen LogP contribution >= 0.6 is 0 Å². The number of nitrogens with zero attached hydrogens (tertiary/aromatic N) is 3. The largest absolute Gasteiger partial charge is 0.338 e. The molecule has 3 aromatic rings. The van der Waals surface area contributed by atoms with Crippen LogP contribution in [0.4, 0.5) is 23.1 Å². The molecule has 122 valence electrons. The topological polar surface area (TPSA) is 62.7 Å². The summed E-state index contributed by atoms with van der Waals surface area (Å²) in [4.78, 5) is 4.49. The normalized spacial score (nSPS) is 10.5. The lowest BCUT2D eigenvalue weighted by Gasteiger charge is -2.13. The van der Waals surface area contributed by atoms with Crippen LogP contribution in [-0.4, -0.2) is 15.2 Å². The third kappa shape index (κ3) is 3.68. The van der Waals surface area contributed by atoms with Gasteiger partial charge in [-0.05, 0) is 51.0 Å². The molecule has 3 rings (SSSR count). The number of rotatable bonds is 4. The molecule has 0 atom stereocenters. The first-order valence-electron chi connectivity index (χ1n) is 7.89. The van der Waals surface area contributed by atoms with E-state index in [2.05, 4.69) is 65.6 Å². The Morgan fingerprint density at radius 1 is 0.792 bits per heavy atom. The maximum Gasteiger partial charge on any atom is 0.249 e. The molecule has 24 heavy (non-hydrogen) atoms. The summed E-state index contributed by atoms with van der Waals surface area (Å²) in [6.07, 6.45) is 1.62. The van der Waals surface area contributed by atoms with Crippen molar-refractivity contribution in [2.24, 2.45) is 0 Å². The van der Waals surface area contributed by atoms with Gasteiger partial charge >= 0.3 is 0 Å². The van der Waals surface area contributed by atoms with Crippen molar-refractivity contribution in [3.05, 3.63) is 64.8 Å². The van der Waals surface area contributed by atoms with Crippen LogP contribution in [0.2, 0.25) is 0 Å². The molecule has 0 aliphatic heterocycles. The van der Waals surface area contributed by atoms with Gasteiger partial charge in [-0.25, -0.2) is 0 Å². The van der Waals surface area contributed by atoms with Crippen molar-refractivity contribution in [2.75, 3.05) is 10.6 Å². The van der Waals surface area contributed by atoms with Crippen molar-refractivity contribution >= 4 is 23.1 Å². The summed E-state index contributed by atoms with van der Waals surface area (Å²) < 4.78 is 0. The van der Waals surface area contributed by atoms with Gasteiger partial charge in [0.05, 0.1) is 6.20 Å². The molecule has 0 saturated carbocycles. The van der Waals surface area contributed by atoms with Gasteiger partial charge in [0.2, 0.25) is 5.95 Å². The SMILES string of the molecule is Cc1ccc(Nc2nncc(Nc3c(C)cc(C)cc3C)n2)cc1. The van der Waals surface area contributed by atoms with Gasteiger partial charge in [0.15, 0.2) is 5.82 Å². The number of aryl methyl sites for hydroxylation is 4. The highest BCUT2D eigenvalue weighted by Gasteiger charge is 2.07. The van der Waals surface area contributed by atoms with Crippen molar-refractivity contribution in [2.45, 2.75) is 27.7 Å². The van der Waals surface area contributed by atoms with Crippen molar-refractivity contribution in [1.82, 2.24) is 15.2 Å². The zero-order valence-corrected chi connectivity index (χ0v) is 14.4. The molecule has 2 aromatic carbocycles. The maximum absolute atomic E-state index is 4.49. The Kier molecular flexibility index (Phi) is 4.42. The van der Waals surface area contributed by atoms with Gasteiger partial charge in [-0.3, -0.25) is 0 Å². The zero-order valence-electron chi connectivity index (χ0n) is 14.4. The molecule has 1 aromatic heterocycles. The number of hydrogen-bond acceptors (Lipinski definition) is 5. The van der Waals surface area contributed by atoms with E-state index in [1.807, 2.05) is 24.3 Å². The van der Waals surface area contributed by atoms with E-state index in [1.165, 1.54) is 22.3 Å². The monoisotopic (exact) mass is 319 g/mol. The van der Waals surface area contributed by atoms with Crippen LogP contribution in [0.25, 0.3) is 0 Å². The molecule has 0 saturated heterocycles. The third-order valence-corrected chi connectivity index (χ3v) is 3.80. The average molecular weight is 319 g/mol. The molecular weight excluding hydrogens is 298 g/mol. The number of benzene rings is 2. The fraction of sp³-hybridized carbons (Fsp3) is 0.211. The Hall–Kier alpha value is -2.95. The molecule has 0 unspecified atom stereocenters. The van der Waals surface area contributed by atoms with Crippen LogP contribution in [0.15, 0.2) is 42.6 Å². The molecule has 0 radical (unpaired) electrons. The van der Waals surface area contributed by atoms with E-state index in [9.17, 15) is 0 Å². The Morgan fingerprint density at radius 2 is 1.46 bits per heavy atom. The van der Waals surface area contributed by atoms with Crippen LogP contribution in [0.1, 0.15) is 22.3 Å². The standard InChI is InChI=1S/C19H21N5/c1-12-5-7-16(8-6-12)21-19-23-17(11-20-24-19)22-18-14(3)9-13(2)10-15(18)4/h5-11H,1-4H3,(H2,21,22,23,24). The summed E-state index contributed by atoms with van der Waals surface area (Å²) in [5.74, 6) is 1.13. The van der Waals surface area contributed by atoms with Gasteiger partial charge in [-0.1, -0.05) is 35.4 Å². The summed E-state index contributed by atoms with van der Waals surface area (Å²) in [6.45, 7) is 8.32. The van der Waals surface area contributed by atoms with E-state index in [0.717, 1.165) is 11.4 Å². The lowest BCUT2D eigenvalue weighted by Crippen LogP contribution is -2.04. The highest BCUT2D eigenvalue weighted by Crippen LogP contribution is 2.25. The summed E-state index contributed by atoms with van der Waals surface area (Å²) >= 11 is 0. The number of hydrogen-bond donors (Lipinski definition) is 2. The van der Waals surface area contributed by atoms with E-state index in [0.29, 0.717) is 11.8 Å². The van der Waals surface area contributed by atoms with Gasteiger partial charge in [-0.2, -0.15) is 10.1 Å². The molecule has 2 N–H and O–H groups in total. The molecular formula is C19H21N5. The van der Waals surface area contributed by atoms with Gasteiger partial charge in [0.1, 0.15) is 0 Å². The molecule has 5 heteroatoms. The van der Waals surface area contributed by atoms with E-state index in [-0.39, 0.29) is 0 Å². The highest BCUT2D eigenvalue weighted by atomic mass is 15.3. The van der Waals surface area contributed by atoms with Crippen LogP contribution in [0, 0.1) is 27.7 Å². The van der Waals surface area contributed by atoms with Gasteiger partial charge < -0.3 is 10.6 Å². The lowest BCUT2D eigenvalue weighted by molar-refractivity contribution is 0.981. The highest BCUT2D eigenvalue weighted by molar-refractivity contribution is 5.65. The minimum atomic E-state index is 0.464. The van der Waals surface area contributed by atoms with Crippen molar-refractivity contribution in [3.8, 4) is 0 Å². The Morgan fingerprint density at radius 3 is 2.12 bits per heavy atom. The van der Waals surface area contributed by atoms with E-state index in [1.54, 1.807) is 6.20 Å². The summed E-state index contributed by atoms with van der Waals surface area (Å²) in [5, 5.41) is 14.6. The predicted molar refractivity (Wildman–Crippen MR) is 98.2 cm³/mol. The molecule has 0 spiro atoms. The molecule has 1 heterocycles. The van der Waals surface area contributed by atoms with E-state index >= 15 is 0 Å². The fourth-order valence-corrected chi connectivity index (χ4v) is 2.69. The van der Waals surface area contributed by atoms with Crippen LogP contribution < -0.4 is 10.6 Å². The van der Waals surface area contributed by atoms with Gasteiger partial charge in [0.25, 0.3) is 0 Å². The predicted octanol–water partition coefficient (Wildman–Crippen LogP) is 4.59. The minimum Gasteiger partial charge on any atom is -0.338 e. The second-order valence-electron chi connectivity index (χ2n) is 6.05. The number of aromatic nitrogens is 3. The Bertz CT molecular complexity index is 833. The quantitative estimate of drug-likeness (QED) is 0.736. The van der Waals surface area contributed by atoms with Crippen molar-refractivity contribution in [1.29, 1.82) is 0 Å². The van der Waals surface area contributed by atoms with E-state index < -0.39 is 0 Å². The molecule has 5 nitrogen and oxygen atoms in total. The maximum atomic E-state index is 4.49. The first-order chi connectivity index (χ1) is 11.5. The number of anilines is 4. The Balaban J connectivity index is 1.82. The second kappa shape index (κ2) is 6.66. The minimum absolute atomic E-state index is 0.464. The lowest BCUT2D eigenvalue weighted by atomic mass is 10.1. The van der Waals surface area contributed by atoms with E-state index in [4.69, 9.17) is 0 Å². The Labute approximate surface area is 142 Å². The van der Waals surface area contributed by atoms with Gasteiger partial charge in [-0.15, -0.1) is 5.10 Å². The summed E-state index contributed by atoms with van der Waals surface area (Å²) in [7, 11) is 0. The summed E-state index contributed by atoms with van der Waals surface area (Å²) in [5.41, 5.74) is 6.81. The first kappa shape index (κ1) is 15.9. The fourth-order valence-electron chi connectivity index (χ4n) is 2.69. The smallest absolute Gasteiger partial charge is 0.249 e. The molecule has 0 aliphatic carbocycles. The molecule has 0 fully saturated rings. The summed E-state index contributed by atoms with van der Waals surface area (Å²) in [6, 6.07) is 12.4. The molecule has 0 amide bonds.